The first-order valence-electron chi connectivity index (χ1n) is 7.62. The molecule has 0 fully saturated rings. The number of aromatic carboxylic acids is 1. The van der Waals surface area contributed by atoms with Crippen molar-refractivity contribution in [1.82, 2.24) is 9.97 Å². The number of rotatable bonds is 3. The molecule has 1 aromatic heterocycles. The Labute approximate surface area is 161 Å². The number of hydrogen-bond acceptors (Lipinski definition) is 6. The summed E-state index contributed by atoms with van der Waals surface area (Å²) >= 11 is 0. The molecule has 0 spiro atoms. The van der Waals surface area contributed by atoms with Crippen LogP contribution in [0.25, 0.3) is 0 Å². The molecule has 0 saturated heterocycles. The number of carbonyl (C=O) groups is 2. The van der Waals surface area contributed by atoms with Gasteiger partial charge in [-0.15, -0.1) is 0 Å². The predicted molar refractivity (Wildman–Crippen MR) is 99.6 cm³/mol. The zero-order valence-electron chi connectivity index (χ0n) is 14.7. The van der Waals surface area contributed by atoms with Gasteiger partial charge in [-0.05, 0) is 30.3 Å². The summed E-state index contributed by atoms with van der Waals surface area (Å²) in [5.74, 6) is -1.60. The number of carboxylic acids is 1. The summed E-state index contributed by atoms with van der Waals surface area (Å²) in [4.78, 5) is 27.8. The quantitative estimate of drug-likeness (QED) is 0.444. The lowest BCUT2D eigenvalue weighted by Crippen LogP contribution is -2.03. The van der Waals surface area contributed by atoms with E-state index in [1.54, 1.807) is 36.9 Å². The molecule has 0 aliphatic carbocycles. The van der Waals surface area contributed by atoms with E-state index in [0.717, 1.165) is 0 Å². The van der Waals surface area contributed by atoms with E-state index in [0.29, 0.717) is 0 Å². The summed E-state index contributed by atoms with van der Waals surface area (Å²) in [6.07, 6.45) is 5.08. The number of carboxylic acid groups (broad SMARTS) is 1. The fraction of sp³-hybridized carbons (Fsp3) is 0.0556. The molecule has 10 heteroatoms. The van der Waals surface area contributed by atoms with Crippen LogP contribution >= 0.6 is 0 Å². The molecular formula is C18H18N2O7S. The third kappa shape index (κ3) is 8.25. The molecule has 0 radical (unpaired) electrons. The molecule has 3 N–H and O–H groups in total. The molecule has 3 aromatic rings. The van der Waals surface area contributed by atoms with Crippen LogP contribution in [0.1, 0.15) is 20.7 Å². The second-order valence-corrected chi connectivity index (χ2v) is 6.35. The van der Waals surface area contributed by atoms with Gasteiger partial charge in [0.05, 0.1) is 29.5 Å². The molecule has 1 heterocycles. The number of carbonyl (C=O) groups excluding carboxylic acids is 1. The Morgan fingerprint density at radius 1 is 1.04 bits per heavy atom. The van der Waals surface area contributed by atoms with Crippen LogP contribution in [0.3, 0.4) is 0 Å². The van der Waals surface area contributed by atoms with E-state index in [9.17, 15) is 18.0 Å². The van der Waals surface area contributed by atoms with Crippen molar-refractivity contribution in [2.45, 2.75) is 4.90 Å². The van der Waals surface area contributed by atoms with Crippen LogP contribution in [0.2, 0.25) is 0 Å². The van der Waals surface area contributed by atoms with E-state index in [-0.39, 0.29) is 16.0 Å². The van der Waals surface area contributed by atoms with Crippen molar-refractivity contribution in [3.63, 3.8) is 0 Å². The zero-order chi connectivity index (χ0) is 21.0. The minimum Gasteiger partial charge on any atom is -0.478 e. The molecule has 0 atom stereocenters. The minimum absolute atomic E-state index is 0.0721. The number of hydrogen-bond donors (Lipinski definition) is 3. The molecule has 148 valence electrons. The van der Waals surface area contributed by atoms with Crippen molar-refractivity contribution < 1.29 is 32.4 Å². The largest absolute Gasteiger partial charge is 0.478 e. The Morgan fingerprint density at radius 2 is 1.68 bits per heavy atom. The zero-order valence-corrected chi connectivity index (χ0v) is 15.5. The highest BCUT2D eigenvalue weighted by atomic mass is 32.2. The molecule has 28 heavy (non-hydrogen) atoms. The highest BCUT2D eigenvalue weighted by Gasteiger charge is 2.08. The fourth-order valence-electron chi connectivity index (χ4n) is 1.70. The summed E-state index contributed by atoms with van der Waals surface area (Å²) in [5, 5.41) is 8.61. The number of aromatic amines is 1. The highest BCUT2D eigenvalue weighted by molar-refractivity contribution is 7.85. The summed E-state index contributed by atoms with van der Waals surface area (Å²) in [5.41, 5.74) is 0.310. The van der Waals surface area contributed by atoms with Crippen molar-refractivity contribution in [1.29, 1.82) is 0 Å². The van der Waals surface area contributed by atoms with E-state index in [1.807, 2.05) is 0 Å². The maximum Gasteiger partial charge on any atom is 0.337 e. The third-order valence-electron chi connectivity index (χ3n) is 2.98. The number of imidazole rings is 1. The van der Waals surface area contributed by atoms with Gasteiger partial charge < -0.3 is 14.8 Å². The average Bonchev–Trinajstić information content (AvgIpc) is 3.28. The smallest absolute Gasteiger partial charge is 0.337 e. The van der Waals surface area contributed by atoms with Crippen LogP contribution in [-0.2, 0) is 14.9 Å². The first-order chi connectivity index (χ1) is 13.3. The maximum absolute atomic E-state index is 11.0. The van der Waals surface area contributed by atoms with E-state index in [1.165, 1.54) is 43.5 Å². The molecule has 0 saturated carbocycles. The maximum atomic E-state index is 11.0. The Hall–Kier alpha value is -3.50. The summed E-state index contributed by atoms with van der Waals surface area (Å²) in [6, 6.07) is 13.1. The minimum atomic E-state index is -4.00. The van der Waals surface area contributed by atoms with Crippen LogP contribution in [0.15, 0.2) is 78.2 Å². The Bertz CT molecular complexity index is 955. The summed E-state index contributed by atoms with van der Waals surface area (Å²) in [6.45, 7) is 0. The molecule has 3 rings (SSSR count). The van der Waals surface area contributed by atoms with Gasteiger partial charge in [0.15, 0.2) is 0 Å². The Morgan fingerprint density at radius 3 is 2.07 bits per heavy atom. The van der Waals surface area contributed by atoms with Gasteiger partial charge in [0, 0.05) is 12.4 Å². The molecule has 2 aromatic carbocycles. The number of nitrogens with zero attached hydrogens (tertiary/aromatic N) is 1. The van der Waals surface area contributed by atoms with Crippen LogP contribution in [0.4, 0.5) is 0 Å². The van der Waals surface area contributed by atoms with Gasteiger partial charge in [-0.1, -0.05) is 24.3 Å². The van der Waals surface area contributed by atoms with Crippen LogP contribution in [0, 0.1) is 0 Å². The lowest BCUT2D eigenvalue weighted by molar-refractivity contribution is 0.0600. The first kappa shape index (κ1) is 22.5. The standard InChI is InChI=1S/C9H8O4.C6H6O3S.C3H4N2/c1-13-9(12)7-4-2-3-6(5-7)8(10)11;7-10(8,9)6-4-2-1-3-5-6;1-2-5-3-4-1/h2-5H,1H3,(H,10,11);1-5H,(H,7,8,9);1-3H,(H,4,5). The monoisotopic (exact) mass is 406 g/mol. The van der Waals surface area contributed by atoms with Gasteiger partial charge in [0.25, 0.3) is 10.1 Å². The first-order valence-corrected chi connectivity index (χ1v) is 9.06. The Balaban J connectivity index is 0.000000230. The van der Waals surface area contributed by atoms with E-state index >= 15 is 0 Å². The van der Waals surface area contributed by atoms with Gasteiger partial charge in [0.1, 0.15) is 0 Å². The van der Waals surface area contributed by atoms with Crippen molar-refractivity contribution in [3.8, 4) is 0 Å². The van der Waals surface area contributed by atoms with Gasteiger partial charge in [-0.2, -0.15) is 8.42 Å². The molecule has 0 bridgehead atoms. The van der Waals surface area contributed by atoms with Gasteiger partial charge in [-0.3, -0.25) is 4.55 Å². The lowest BCUT2D eigenvalue weighted by atomic mass is 10.1. The van der Waals surface area contributed by atoms with Crippen LogP contribution < -0.4 is 0 Å². The van der Waals surface area contributed by atoms with Crippen molar-refractivity contribution in [2.24, 2.45) is 0 Å². The summed E-state index contributed by atoms with van der Waals surface area (Å²) < 4.78 is 33.7. The van der Waals surface area contributed by atoms with Crippen molar-refractivity contribution in [3.05, 3.63) is 84.4 Å². The van der Waals surface area contributed by atoms with Crippen LogP contribution in [-0.4, -0.2) is 47.1 Å². The molecule has 0 amide bonds. The number of H-pyrrole nitrogens is 1. The topological polar surface area (TPSA) is 147 Å². The van der Waals surface area contributed by atoms with Gasteiger partial charge >= 0.3 is 11.9 Å². The second kappa shape index (κ2) is 11.3. The lowest BCUT2D eigenvalue weighted by Gasteiger charge is -1.99. The number of ether oxygens (including phenoxy) is 1. The van der Waals surface area contributed by atoms with E-state index in [4.69, 9.17) is 9.66 Å². The summed E-state index contributed by atoms with van der Waals surface area (Å²) in [7, 11) is -2.76. The van der Waals surface area contributed by atoms with Crippen molar-refractivity contribution >= 4 is 22.1 Å². The van der Waals surface area contributed by atoms with E-state index < -0.39 is 22.1 Å². The molecule has 0 aliphatic rings. The molecule has 0 aliphatic heterocycles. The number of nitrogens with one attached hydrogen (secondary N) is 1. The number of methoxy groups -OCH3 is 1. The SMILES string of the molecule is COC(=O)c1cccc(C(=O)O)c1.O=S(=O)(O)c1ccccc1.c1c[nH]cn1. The highest BCUT2D eigenvalue weighted by Crippen LogP contribution is 2.06. The number of aromatic nitrogens is 2. The normalized spacial score (nSPS) is 9.79. The van der Waals surface area contributed by atoms with E-state index in [2.05, 4.69) is 14.7 Å². The van der Waals surface area contributed by atoms with Crippen molar-refractivity contribution in [2.75, 3.05) is 7.11 Å². The van der Waals surface area contributed by atoms with Crippen LogP contribution in [0.5, 0.6) is 0 Å². The van der Waals surface area contributed by atoms with Gasteiger partial charge in [-0.25, -0.2) is 14.6 Å². The number of benzene rings is 2. The van der Waals surface area contributed by atoms with Gasteiger partial charge in [0.2, 0.25) is 0 Å². The Kier molecular flexibility index (Phi) is 9.07. The molecular weight excluding hydrogens is 388 g/mol. The average molecular weight is 406 g/mol. The number of esters is 1. The molecule has 0 unspecified atom stereocenters. The molecule has 9 nitrogen and oxygen atoms in total. The predicted octanol–water partition coefficient (Wildman–Crippen LogP) is 2.51. The second-order valence-electron chi connectivity index (χ2n) is 4.93. The third-order valence-corrected chi connectivity index (χ3v) is 3.85. The fourth-order valence-corrected chi connectivity index (χ4v) is 2.21.